The lowest BCUT2D eigenvalue weighted by Gasteiger charge is -2.33. The first kappa shape index (κ1) is 40.4. The Balaban J connectivity index is 0.000000376. The van der Waals surface area contributed by atoms with Crippen molar-refractivity contribution in [3.05, 3.63) is 57.1 Å². The maximum atomic E-state index is 12.1. The number of hydrogen-bond acceptors (Lipinski definition) is 9. The Hall–Kier alpha value is -3.64. The molecule has 256 valence electrons. The van der Waals surface area contributed by atoms with Crippen molar-refractivity contribution in [3.63, 3.8) is 0 Å². The van der Waals surface area contributed by atoms with Gasteiger partial charge in [-0.25, -0.2) is 14.6 Å². The number of carbonyl (C=O) groups excluding carboxylic acids is 4. The quantitative estimate of drug-likeness (QED) is 0.0824. The normalized spacial score (nSPS) is 15.2. The molecule has 0 bridgehead atoms. The van der Waals surface area contributed by atoms with Gasteiger partial charge in [-0.2, -0.15) is 0 Å². The van der Waals surface area contributed by atoms with Crippen LogP contribution in [0.5, 0.6) is 0 Å². The molecule has 0 aromatic carbocycles. The Morgan fingerprint density at radius 3 is 1.87 bits per heavy atom. The van der Waals surface area contributed by atoms with Crippen LogP contribution in [0.3, 0.4) is 0 Å². The van der Waals surface area contributed by atoms with Gasteiger partial charge in [-0.3, -0.25) is 14.8 Å². The van der Waals surface area contributed by atoms with E-state index in [9.17, 15) is 24.4 Å². The van der Waals surface area contributed by atoms with Crippen LogP contribution in [0, 0.1) is 0 Å². The molecule has 0 aliphatic carbocycles. The van der Waals surface area contributed by atoms with Crippen LogP contribution < -0.4 is 4.73 Å². The fourth-order valence-electron chi connectivity index (χ4n) is 4.41. The number of pyridine rings is 2. The smallest absolute Gasteiger partial charge is 0.410 e. The third-order valence-electron chi connectivity index (χ3n) is 6.12. The number of hydrogen-bond donors (Lipinski definition) is 1. The van der Waals surface area contributed by atoms with Crippen LogP contribution in [0.2, 0.25) is 10.3 Å². The van der Waals surface area contributed by atoms with Gasteiger partial charge in [0.25, 0.3) is 0 Å². The Morgan fingerprint density at radius 1 is 0.870 bits per heavy atom. The van der Waals surface area contributed by atoms with Gasteiger partial charge >= 0.3 is 29.3 Å². The number of ether oxygens (including phenoxy) is 3. The highest BCUT2D eigenvalue weighted by Gasteiger charge is 2.32. The fraction of sp³-hybridized carbons (Fsp3) is 0.562. The predicted molar refractivity (Wildman–Crippen MR) is 173 cm³/mol. The van der Waals surface area contributed by atoms with Gasteiger partial charge in [0.05, 0.1) is 25.2 Å². The summed E-state index contributed by atoms with van der Waals surface area (Å²) in [6.45, 7) is 17.6. The Bertz CT molecular complexity index is 1390. The van der Waals surface area contributed by atoms with Crippen LogP contribution in [0.1, 0.15) is 98.2 Å². The van der Waals surface area contributed by atoms with Crippen molar-refractivity contribution in [2.75, 3.05) is 13.1 Å². The second-order valence-corrected chi connectivity index (χ2v) is 13.4. The minimum absolute atomic E-state index is 0. The van der Waals surface area contributed by atoms with Crippen molar-refractivity contribution in [1.82, 2.24) is 14.8 Å². The Kier molecular flexibility index (Phi) is 14.7. The molecule has 0 radical (unpaired) electrons. The molecule has 2 aliphatic heterocycles. The molecule has 2 aromatic rings. The molecule has 46 heavy (non-hydrogen) atoms. The van der Waals surface area contributed by atoms with Crippen LogP contribution in [-0.2, 0) is 43.3 Å². The summed E-state index contributed by atoms with van der Waals surface area (Å²) in [5, 5.41) is 10.6. The van der Waals surface area contributed by atoms with E-state index in [1.54, 1.807) is 21.9 Å². The van der Waals surface area contributed by atoms with Gasteiger partial charge < -0.3 is 24.0 Å². The summed E-state index contributed by atoms with van der Waals surface area (Å²) in [7, 11) is 0. The van der Waals surface area contributed by atoms with Crippen molar-refractivity contribution in [1.29, 1.82) is 0 Å². The first-order valence-corrected chi connectivity index (χ1v) is 15.1. The van der Waals surface area contributed by atoms with Crippen LogP contribution in [-0.4, -0.2) is 68.4 Å². The summed E-state index contributed by atoms with van der Waals surface area (Å²) < 4.78 is 15.7. The van der Waals surface area contributed by atoms with Gasteiger partial charge in [-0.05, 0) is 70.8 Å². The molecule has 0 saturated carbocycles. The zero-order valence-electron chi connectivity index (χ0n) is 27.3. The number of amides is 2. The number of esters is 2. The topological polar surface area (TPSA) is 139 Å². The van der Waals surface area contributed by atoms with E-state index in [2.05, 4.69) is 9.72 Å². The molecular weight excluding hydrogens is 639 g/mol. The molecule has 4 heterocycles. The molecule has 2 aliphatic rings. The minimum atomic E-state index is -0.562. The highest BCUT2D eigenvalue weighted by atomic mass is 35.5. The summed E-state index contributed by atoms with van der Waals surface area (Å²) in [6, 6.07) is 7.11. The van der Waals surface area contributed by atoms with Gasteiger partial charge in [0.15, 0.2) is 0 Å². The lowest BCUT2D eigenvalue weighted by atomic mass is 9.97. The second kappa shape index (κ2) is 16.8. The number of halogens is 2. The average Bonchev–Trinajstić information content (AvgIpc) is 2.89. The molecule has 12 nitrogen and oxygen atoms in total. The molecule has 14 heteroatoms. The Labute approximate surface area is 281 Å². The zero-order valence-corrected chi connectivity index (χ0v) is 28.8. The van der Waals surface area contributed by atoms with E-state index in [1.807, 2.05) is 60.6 Å². The van der Waals surface area contributed by atoms with Gasteiger partial charge in [-0.15, -0.1) is 0 Å². The highest BCUT2D eigenvalue weighted by Crippen LogP contribution is 2.28. The highest BCUT2D eigenvalue weighted by molar-refractivity contribution is 6.29. The molecule has 1 atom stereocenters. The lowest BCUT2D eigenvalue weighted by molar-refractivity contribution is -0.908. The lowest BCUT2D eigenvalue weighted by Crippen LogP contribution is -2.46. The summed E-state index contributed by atoms with van der Waals surface area (Å²) >= 11 is 11.8. The fourth-order valence-corrected chi connectivity index (χ4v) is 4.73. The van der Waals surface area contributed by atoms with Crippen molar-refractivity contribution in [3.8, 4) is 0 Å². The van der Waals surface area contributed by atoms with Crippen LogP contribution >= 0.6 is 23.2 Å². The third-order valence-corrected chi connectivity index (χ3v) is 6.62. The maximum absolute atomic E-state index is 12.1. The zero-order chi connectivity index (χ0) is 34.3. The van der Waals surface area contributed by atoms with E-state index in [1.165, 1.54) is 13.8 Å². The summed E-state index contributed by atoms with van der Waals surface area (Å²) in [5.41, 5.74) is 2.66. The summed E-state index contributed by atoms with van der Waals surface area (Å²) in [6.07, 6.45) is -0.0661. The number of fused-ring (bicyclic) bond motifs is 2. The monoisotopic (exact) mass is 685 g/mol. The van der Waals surface area contributed by atoms with Crippen LogP contribution in [0.25, 0.3) is 0 Å². The van der Waals surface area contributed by atoms with Crippen molar-refractivity contribution in [2.24, 2.45) is 0 Å². The first-order valence-electron chi connectivity index (χ1n) is 14.4. The Morgan fingerprint density at radius 2 is 1.37 bits per heavy atom. The molecule has 2 aromatic heterocycles. The second-order valence-electron chi connectivity index (χ2n) is 12.6. The summed E-state index contributed by atoms with van der Waals surface area (Å²) in [5.74, 6) is -0.963. The van der Waals surface area contributed by atoms with Gasteiger partial charge in [0.1, 0.15) is 16.4 Å². The summed E-state index contributed by atoms with van der Waals surface area (Å²) in [4.78, 5) is 51.4. The third kappa shape index (κ3) is 13.0. The van der Waals surface area contributed by atoms with E-state index < -0.39 is 23.1 Å². The van der Waals surface area contributed by atoms with E-state index >= 15 is 0 Å². The number of rotatable bonds is 0. The standard InChI is InChI=1S/C14H19ClN2O2.C13H18ClN2O3.C4H6O3.CH4/c1-9-7-17(13(18)19-14(2,3)4)8-10-5-6-11(15)16-12(9)10;1-13(2,3)19-12(17)15-7-6-10-9(8-15)4-5-11(14)16(10)18;1-3(5)7-4(2)6;/h5-6,9H,7-8H2,1-4H3;4-5,18H,6-8H2,1-3H3;1-2H3;1H4/q;+1;;. The predicted octanol–water partition coefficient (Wildman–Crippen LogP) is 6.48. The number of nitrogens with zero attached hydrogens (tertiary/aromatic N) is 4. The van der Waals surface area contributed by atoms with Crippen molar-refractivity contribution >= 4 is 47.3 Å². The average molecular weight is 687 g/mol. The maximum Gasteiger partial charge on any atom is 0.410 e. The molecule has 1 N–H and O–H groups in total. The van der Waals surface area contributed by atoms with Gasteiger partial charge in [0, 0.05) is 49.2 Å². The largest absolute Gasteiger partial charge is 0.444 e. The molecular formula is C32H47Cl2N4O8+. The van der Waals surface area contributed by atoms with E-state index in [0.717, 1.165) is 27.2 Å². The number of carbonyl (C=O) groups is 4. The van der Waals surface area contributed by atoms with E-state index in [4.69, 9.17) is 32.7 Å². The molecule has 0 spiro atoms. The van der Waals surface area contributed by atoms with E-state index in [0.29, 0.717) is 37.8 Å². The van der Waals surface area contributed by atoms with Crippen LogP contribution in [0.15, 0.2) is 24.3 Å². The molecule has 2 amide bonds. The molecule has 4 rings (SSSR count). The SMILES string of the molecule is C.CC(=O)OC(C)=O.CC(C)(C)OC(=O)N1CCc2c(ccc(Cl)[n+]2O)C1.CC1CN(C(=O)OC(C)(C)C)Cc2ccc(Cl)nc21. The molecule has 0 fully saturated rings. The first-order chi connectivity index (χ1) is 20.7. The van der Waals surface area contributed by atoms with Gasteiger partial charge in [0.2, 0.25) is 5.69 Å². The minimum Gasteiger partial charge on any atom is -0.444 e. The number of aromatic nitrogens is 2. The van der Waals surface area contributed by atoms with Crippen LogP contribution in [0.4, 0.5) is 9.59 Å². The van der Waals surface area contributed by atoms with Crippen molar-refractivity contribution in [2.45, 2.75) is 106 Å². The van der Waals surface area contributed by atoms with Crippen molar-refractivity contribution < 1.29 is 43.3 Å². The molecule has 1 unspecified atom stereocenters. The molecule has 0 saturated heterocycles. The van der Waals surface area contributed by atoms with E-state index in [-0.39, 0.29) is 30.7 Å². The van der Waals surface area contributed by atoms with Gasteiger partial charge in [-0.1, -0.05) is 32.0 Å².